The van der Waals surface area contributed by atoms with Gasteiger partial charge in [-0.2, -0.15) is 0 Å². The van der Waals surface area contributed by atoms with E-state index in [-0.39, 0.29) is 5.82 Å². The topological polar surface area (TPSA) is 32.7 Å². The molecule has 1 aromatic rings. The van der Waals surface area contributed by atoms with Crippen LogP contribution >= 0.6 is 0 Å². The van der Waals surface area contributed by atoms with Gasteiger partial charge in [0.15, 0.2) is 0 Å². The molecule has 0 radical (unpaired) electrons. The number of anilines is 1. The maximum atomic E-state index is 13.7. The van der Waals surface area contributed by atoms with Crippen LogP contribution in [-0.4, -0.2) is 31.9 Å². The summed E-state index contributed by atoms with van der Waals surface area (Å²) in [5, 5.41) is 9.66. The first-order chi connectivity index (χ1) is 8.11. The second-order valence-electron chi connectivity index (χ2n) is 3.92. The summed E-state index contributed by atoms with van der Waals surface area (Å²) in [6, 6.07) is 4.85. The van der Waals surface area contributed by atoms with Crippen molar-refractivity contribution in [3.63, 3.8) is 0 Å². The quantitative estimate of drug-likeness (QED) is 0.830. The van der Waals surface area contributed by atoms with E-state index in [9.17, 15) is 9.50 Å². The minimum absolute atomic E-state index is 0.352. The highest BCUT2D eigenvalue weighted by Crippen LogP contribution is 2.28. The van der Waals surface area contributed by atoms with Gasteiger partial charge in [0.2, 0.25) is 0 Å². The normalized spacial score (nSPS) is 12.5. The zero-order valence-corrected chi connectivity index (χ0v) is 10.6. The number of methoxy groups -OCH3 is 1. The Morgan fingerprint density at radius 1 is 1.47 bits per heavy atom. The summed E-state index contributed by atoms with van der Waals surface area (Å²) in [6.07, 6.45) is -0.817. The molecular weight excluding hydrogens is 221 g/mol. The van der Waals surface area contributed by atoms with Gasteiger partial charge in [0.05, 0.1) is 12.7 Å². The Morgan fingerprint density at radius 2 is 2.18 bits per heavy atom. The van der Waals surface area contributed by atoms with Crippen molar-refractivity contribution in [2.45, 2.75) is 20.0 Å². The van der Waals surface area contributed by atoms with Crippen molar-refractivity contribution < 1.29 is 14.2 Å². The van der Waals surface area contributed by atoms with Gasteiger partial charge in [-0.15, -0.1) is 0 Å². The fourth-order valence-electron chi connectivity index (χ4n) is 1.87. The molecule has 0 spiro atoms. The molecule has 0 aliphatic rings. The lowest BCUT2D eigenvalue weighted by Gasteiger charge is -2.26. The minimum atomic E-state index is -0.817. The van der Waals surface area contributed by atoms with Crippen LogP contribution in [0.3, 0.4) is 0 Å². The summed E-state index contributed by atoms with van der Waals surface area (Å²) in [7, 11) is 1.63. The van der Waals surface area contributed by atoms with Gasteiger partial charge in [-0.25, -0.2) is 4.39 Å². The summed E-state index contributed by atoms with van der Waals surface area (Å²) in [5.41, 5.74) is 1.09. The van der Waals surface area contributed by atoms with Crippen molar-refractivity contribution in [3.8, 4) is 0 Å². The average molecular weight is 241 g/mol. The molecule has 3 nitrogen and oxygen atoms in total. The molecule has 0 unspecified atom stereocenters. The smallest absolute Gasteiger partial charge is 0.131 e. The number of hydrogen-bond acceptors (Lipinski definition) is 3. The Bertz CT molecular complexity index is 355. The molecule has 1 rings (SSSR count). The molecule has 96 valence electrons. The first kappa shape index (κ1) is 13.9. The van der Waals surface area contributed by atoms with E-state index in [1.54, 1.807) is 20.1 Å². The molecule has 0 saturated carbocycles. The van der Waals surface area contributed by atoms with Crippen LogP contribution in [0.5, 0.6) is 0 Å². The van der Waals surface area contributed by atoms with Crippen LogP contribution in [0.4, 0.5) is 10.1 Å². The summed E-state index contributed by atoms with van der Waals surface area (Å²) in [5.74, 6) is -0.367. The minimum Gasteiger partial charge on any atom is -0.389 e. The Balaban J connectivity index is 3.05. The highest BCUT2D eigenvalue weighted by atomic mass is 19.1. The lowest BCUT2D eigenvalue weighted by atomic mass is 10.1. The molecule has 0 fully saturated rings. The van der Waals surface area contributed by atoms with Crippen molar-refractivity contribution in [1.82, 2.24) is 0 Å². The van der Waals surface area contributed by atoms with Crippen LogP contribution in [-0.2, 0) is 4.74 Å². The van der Waals surface area contributed by atoms with Crippen LogP contribution in [0.15, 0.2) is 18.2 Å². The average Bonchev–Trinajstić information content (AvgIpc) is 2.29. The van der Waals surface area contributed by atoms with Gasteiger partial charge >= 0.3 is 0 Å². The Labute approximate surface area is 102 Å². The number of benzene rings is 1. The van der Waals surface area contributed by atoms with Gasteiger partial charge in [-0.1, -0.05) is 6.07 Å². The predicted octanol–water partition coefficient (Wildman–Crippen LogP) is 2.35. The van der Waals surface area contributed by atoms with E-state index < -0.39 is 6.10 Å². The maximum absolute atomic E-state index is 13.7. The third kappa shape index (κ3) is 3.41. The lowest BCUT2D eigenvalue weighted by molar-refractivity contribution is 0.193. The van der Waals surface area contributed by atoms with Gasteiger partial charge in [0.25, 0.3) is 0 Å². The van der Waals surface area contributed by atoms with Crippen LogP contribution in [0.25, 0.3) is 0 Å². The van der Waals surface area contributed by atoms with E-state index in [1.165, 1.54) is 6.07 Å². The van der Waals surface area contributed by atoms with Crippen LogP contribution in [0.2, 0.25) is 0 Å². The largest absolute Gasteiger partial charge is 0.389 e. The second kappa shape index (κ2) is 6.57. The van der Waals surface area contributed by atoms with Gasteiger partial charge in [-0.3, -0.25) is 0 Å². The second-order valence-corrected chi connectivity index (χ2v) is 3.92. The van der Waals surface area contributed by atoms with E-state index in [2.05, 4.69) is 0 Å². The lowest BCUT2D eigenvalue weighted by Crippen LogP contribution is -2.28. The molecule has 0 heterocycles. The fraction of sp³-hybridized carbons (Fsp3) is 0.538. The van der Waals surface area contributed by atoms with Crippen molar-refractivity contribution in [1.29, 1.82) is 0 Å². The van der Waals surface area contributed by atoms with E-state index in [0.717, 1.165) is 12.2 Å². The molecule has 0 amide bonds. The Morgan fingerprint density at radius 3 is 2.71 bits per heavy atom. The Kier molecular flexibility index (Phi) is 5.38. The van der Waals surface area contributed by atoms with Gasteiger partial charge in [0.1, 0.15) is 5.82 Å². The number of rotatable bonds is 6. The van der Waals surface area contributed by atoms with E-state index in [0.29, 0.717) is 18.7 Å². The van der Waals surface area contributed by atoms with Crippen LogP contribution in [0.1, 0.15) is 25.5 Å². The molecule has 0 bridgehead atoms. The van der Waals surface area contributed by atoms with Gasteiger partial charge in [0, 0.05) is 31.5 Å². The van der Waals surface area contributed by atoms with Crippen LogP contribution < -0.4 is 4.90 Å². The molecule has 0 aromatic heterocycles. The molecule has 0 aliphatic carbocycles. The first-order valence-electron chi connectivity index (χ1n) is 5.82. The van der Waals surface area contributed by atoms with Crippen molar-refractivity contribution in [2.24, 2.45) is 0 Å². The molecule has 1 aromatic carbocycles. The van der Waals surface area contributed by atoms with Crippen LogP contribution in [0, 0.1) is 5.82 Å². The van der Waals surface area contributed by atoms with Crippen molar-refractivity contribution in [2.75, 3.05) is 31.7 Å². The van der Waals surface area contributed by atoms with Gasteiger partial charge < -0.3 is 14.7 Å². The highest BCUT2D eigenvalue weighted by Gasteiger charge is 2.17. The summed E-state index contributed by atoms with van der Waals surface area (Å²) < 4.78 is 18.7. The number of halogens is 1. The van der Waals surface area contributed by atoms with E-state index >= 15 is 0 Å². The number of ether oxygens (including phenoxy) is 1. The summed E-state index contributed by atoms with van der Waals surface area (Å²) >= 11 is 0. The fourth-order valence-corrected chi connectivity index (χ4v) is 1.87. The van der Waals surface area contributed by atoms with Crippen molar-refractivity contribution in [3.05, 3.63) is 29.6 Å². The third-order valence-corrected chi connectivity index (χ3v) is 2.74. The SMILES string of the molecule is CCN(CCOC)c1cccc(F)c1[C@H](C)O. The first-order valence-corrected chi connectivity index (χ1v) is 5.82. The van der Waals surface area contributed by atoms with E-state index in [4.69, 9.17) is 4.74 Å². The molecule has 0 saturated heterocycles. The summed E-state index contributed by atoms with van der Waals surface area (Å²) in [4.78, 5) is 1.99. The molecule has 1 N–H and O–H groups in total. The monoisotopic (exact) mass is 241 g/mol. The highest BCUT2D eigenvalue weighted by molar-refractivity contribution is 5.55. The number of aliphatic hydroxyl groups is 1. The zero-order chi connectivity index (χ0) is 12.8. The standard InChI is InChI=1S/C13H20FNO2/c1-4-15(8-9-17-3)12-7-5-6-11(14)13(12)10(2)16/h5-7,10,16H,4,8-9H2,1-3H3/t10-/m0/s1. The molecule has 17 heavy (non-hydrogen) atoms. The zero-order valence-electron chi connectivity index (χ0n) is 10.6. The van der Waals surface area contributed by atoms with E-state index in [1.807, 2.05) is 17.9 Å². The molecule has 1 atom stereocenters. The Hall–Kier alpha value is -1.13. The number of hydrogen-bond donors (Lipinski definition) is 1. The number of likely N-dealkylation sites (N-methyl/N-ethyl adjacent to an activating group) is 1. The molecular formula is C13H20FNO2. The molecule has 0 aliphatic heterocycles. The van der Waals surface area contributed by atoms with Crippen molar-refractivity contribution >= 4 is 5.69 Å². The molecule has 4 heteroatoms. The third-order valence-electron chi connectivity index (χ3n) is 2.74. The predicted molar refractivity (Wildman–Crippen MR) is 66.8 cm³/mol. The van der Waals surface area contributed by atoms with Gasteiger partial charge in [-0.05, 0) is 26.0 Å². The number of aliphatic hydroxyl groups excluding tert-OH is 1. The summed E-state index contributed by atoms with van der Waals surface area (Å²) in [6.45, 7) is 5.56. The maximum Gasteiger partial charge on any atom is 0.131 e. The number of nitrogens with zero attached hydrogens (tertiary/aromatic N) is 1.